The number of phenols is 1. The molecule has 74 valence electrons. The number of benzene rings is 1. The number of hydrogen-bond donors (Lipinski definition) is 2. The van der Waals surface area contributed by atoms with E-state index >= 15 is 0 Å². The molecule has 14 heavy (non-hydrogen) atoms. The zero-order valence-corrected chi connectivity index (χ0v) is 8.03. The highest BCUT2D eigenvalue weighted by Crippen LogP contribution is 2.10. The molecule has 1 aromatic rings. The Balaban J connectivity index is 2.60. The maximum absolute atomic E-state index is 11.0. The third kappa shape index (κ3) is 3.31. The molecule has 1 aromatic carbocycles. The lowest BCUT2D eigenvalue weighted by atomic mass is 10.2. The number of phenolic OH excluding ortho intramolecular Hbond substituents is 1. The van der Waals surface area contributed by atoms with E-state index in [2.05, 4.69) is 5.32 Å². The van der Waals surface area contributed by atoms with Crippen LogP contribution in [0.25, 0.3) is 6.08 Å². The molecule has 3 heteroatoms. The van der Waals surface area contributed by atoms with E-state index in [0.717, 1.165) is 5.56 Å². The minimum atomic E-state index is -0.111. The molecule has 0 spiro atoms. The van der Waals surface area contributed by atoms with Crippen molar-refractivity contribution in [2.75, 3.05) is 6.54 Å². The summed E-state index contributed by atoms with van der Waals surface area (Å²) in [7, 11) is 0. The Kier molecular flexibility index (Phi) is 3.73. The second-order valence-electron chi connectivity index (χ2n) is 2.82. The molecule has 0 aliphatic rings. The van der Waals surface area contributed by atoms with Crippen molar-refractivity contribution in [3.63, 3.8) is 0 Å². The van der Waals surface area contributed by atoms with E-state index in [4.69, 9.17) is 5.11 Å². The third-order valence-corrected chi connectivity index (χ3v) is 1.67. The Bertz CT molecular complexity index is 328. The molecule has 0 atom stereocenters. The van der Waals surface area contributed by atoms with Crippen LogP contribution in [0.1, 0.15) is 12.5 Å². The van der Waals surface area contributed by atoms with Gasteiger partial charge >= 0.3 is 0 Å². The predicted molar refractivity (Wildman–Crippen MR) is 55.8 cm³/mol. The van der Waals surface area contributed by atoms with Crippen LogP contribution in [0, 0.1) is 0 Å². The second kappa shape index (κ2) is 5.07. The highest BCUT2D eigenvalue weighted by Gasteiger charge is 1.91. The van der Waals surface area contributed by atoms with Crippen LogP contribution < -0.4 is 5.32 Å². The Hall–Kier alpha value is -1.77. The van der Waals surface area contributed by atoms with Crippen molar-refractivity contribution < 1.29 is 9.90 Å². The Labute approximate surface area is 83.1 Å². The van der Waals surface area contributed by atoms with Crippen molar-refractivity contribution in [3.05, 3.63) is 35.9 Å². The van der Waals surface area contributed by atoms with Crippen LogP contribution in [0.5, 0.6) is 5.75 Å². The minimum absolute atomic E-state index is 0.111. The summed E-state index contributed by atoms with van der Waals surface area (Å²) in [5, 5.41) is 11.7. The van der Waals surface area contributed by atoms with E-state index in [1.807, 2.05) is 6.92 Å². The maximum atomic E-state index is 11.0. The minimum Gasteiger partial charge on any atom is -0.508 e. The monoisotopic (exact) mass is 191 g/mol. The van der Waals surface area contributed by atoms with Gasteiger partial charge in [-0.1, -0.05) is 12.1 Å². The van der Waals surface area contributed by atoms with E-state index in [-0.39, 0.29) is 11.7 Å². The fourth-order valence-corrected chi connectivity index (χ4v) is 0.991. The highest BCUT2D eigenvalue weighted by molar-refractivity contribution is 5.91. The van der Waals surface area contributed by atoms with Gasteiger partial charge in [-0.25, -0.2) is 0 Å². The number of likely N-dealkylation sites (N-methyl/N-ethyl adjacent to an activating group) is 1. The van der Waals surface area contributed by atoms with E-state index in [0.29, 0.717) is 6.54 Å². The topological polar surface area (TPSA) is 49.3 Å². The maximum Gasteiger partial charge on any atom is 0.243 e. The summed E-state index contributed by atoms with van der Waals surface area (Å²) in [6.45, 7) is 2.49. The molecule has 0 aliphatic carbocycles. The summed E-state index contributed by atoms with van der Waals surface area (Å²) < 4.78 is 0. The highest BCUT2D eigenvalue weighted by atomic mass is 16.3. The van der Waals surface area contributed by atoms with Crippen LogP contribution in [0.3, 0.4) is 0 Å². The number of carbonyl (C=O) groups excluding carboxylic acids is 1. The van der Waals surface area contributed by atoms with Crippen LogP contribution in [0.15, 0.2) is 30.3 Å². The lowest BCUT2D eigenvalue weighted by molar-refractivity contribution is -0.116. The van der Waals surface area contributed by atoms with Crippen molar-refractivity contribution in [1.29, 1.82) is 0 Å². The van der Waals surface area contributed by atoms with Crippen LogP contribution in [-0.2, 0) is 4.79 Å². The first-order valence-corrected chi connectivity index (χ1v) is 4.47. The van der Waals surface area contributed by atoms with Gasteiger partial charge in [0.25, 0.3) is 0 Å². The predicted octanol–water partition coefficient (Wildman–Crippen LogP) is 1.54. The first-order valence-electron chi connectivity index (χ1n) is 4.47. The summed E-state index contributed by atoms with van der Waals surface area (Å²) in [6, 6.07) is 6.64. The third-order valence-electron chi connectivity index (χ3n) is 1.67. The molecule has 0 bridgehead atoms. The van der Waals surface area contributed by atoms with Gasteiger partial charge in [-0.05, 0) is 30.7 Å². The van der Waals surface area contributed by atoms with Crippen molar-refractivity contribution in [2.45, 2.75) is 6.92 Å². The molecule has 1 rings (SSSR count). The number of hydrogen-bond acceptors (Lipinski definition) is 2. The molecular weight excluding hydrogens is 178 g/mol. The Morgan fingerprint density at radius 1 is 1.43 bits per heavy atom. The molecule has 0 saturated heterocycles. The fraction of sp³-hybridized carbons (Fsp3) is 0.182. The van der Waals surface area contributed by atoms with Crippen LogP contribution in [0.4, 0.5) is 0 Å². The number of amides is 1. The summed E-state index contributed by atoms with van der Waals surface area (Å²) in [4.78, 5) is 11.0. The van der Waals surface area contributed by atoms with Gasteiger partial charge in [0.1, 0.15) is 5.75 Å². The average Bonchev–Trinajstić information content (AvgIpc) is 2.17. The van der Waals surface area contributed by atoms with Gasteiger partial charge in [-0.2, -0.15) is 0 Å². The number of rotatable bonds is 3. The quantitative estimate of drug-likeness (QED) is 0.712. The lowest BCUT2D eigenvalue weighted by Crippen LogP contribution is -2.19. The largest absolute Gasteiger partial charge is 0.508 e. The SMILES string of the molecule is CCNC(=O)/C=C/c1ccc(O)cc1. The molecular formula is C11H13NO2. The zero-order valence-electron chi connectivity index (χ0n) is 8.03. The van der Waals surface area contributed by atoms with E-state index in [1.54, 1.807) is 30.3 Å². The molecule has 0 unspecified atom stereocenters. The normalized spacial score (nSPS) is 10.4. The van der Waals surface area contributed by atoms with Crippen molar-refractivity contribution in [1.82, 2.24) is 5.32 Å². The van der Waals surface area contributed by atoms with Crippen LogP contribution >= 0.6 is 0 Å². The van der Waals surface area contributed by atoms with E-state index < -0.39 is 0 Å². The molecule has 3 nitrogen and oxygen atoms in total. The fourth-order valence-electron chi connectivity index (χ4n) is 0.991. The van der Waals surface area contributed by atoms with Crippen molar-refractivity contribution in [3.8, 4) is 5.75 Å². The summed E-state index contributed by atoms with van der Waals surface area (Å²) in [5.41, 5.74) is 0.883. The number of nitrogens with one attached hydrogen (secondary N) is 1. The van der Waals surface area contributed by atoms with Gasteiger partial charge in [-0.3, -0.25) is 4.79 Å². The second-order valence-corrected chi connectivity index (χ2v) is 2.82. The Morgan fingerprint density at radius 3 is 2.64 bits per heavy atom. The van der Waals surface area contributed by atoms with Gasteiger partial charge in [0.05, 0.1) is 0 Å². The molecule has 0 saturated carbocycles. The molecule has 0 radical (unpaired) electrons. The molecule has 0 fully saturated rings. The average molecular weight is 191 g/mol. The van der Waals surface area contributed by atoms with Gasteiger partial charge in [-0.15, -0.1) is 0 Å². The van der Waals surface area contributed by atoms with E-state index in [9.17, 15) is 4.79 Å². The Morgan fingerprint density at radius 2 is 2.07 bits per heavy atom. The standard InChI is InChI=1S/C11H13NO2/c1-2-12-11(14)8-5-9-3-6-10(13)7-4-9/h3-8,13H,2H2,1H3,(H,12,14)/b8-5+. The summed E-state index contributed by atoms with van der Waals surface area (Å²) >= 11 is 0. The number of carbonyl (C=O) groups is 1. The van der Waals surface area contributed by atoms with Crippen molar-refractivity contribution >= 4 is 12.0 Å². The van der Waals surface area contributed by atoms with Crippen molar-refractivity contribution in [2.24, 2.45) is 0 Å². The van der Waals surface area contributed by atoms with Gasteiger partial charge in [0.2, 0.25) is 5.91 Å². The zero-order chi connectivity index (χ0) is 10.4. The van der Waals surface area contributed by atoms with Gasteiger partial charge < -0.3 is 10.4 Å². The van der Waals surface area contributed by atoms with Crippen LogP contribution in [0.2, 0.25) is 0 Å². The molecule has 2 N–H and O–H groups in total. The first kappa shape index (κ1) is 10.3. The lowest BCUT2D eigenvalue weighted by Gasteiger charge is -1.95. The van der Waals surface area contributed by atoms with Gasteiger partial charge in [0.15, 0.2) is 0 Å². The summed E-state index contributed by atoms with van der Waals surface area (Å²) in [5.74, 6) is 0.112. The van der Waals surface area contributed by atoms with E-state index in [1.165, 1.54) is 6.08 Å². The number of aromatic hydroxyl groups is 1. The first-order chi connectivity index (χ1) is 6.72. The smallest absolute Gasteiger partial charge is 0.243 e. The van der Waals surface area contributed by atoms with Crippen LogP contribution in [-0.4, -0.2) is 17.6 Å². The van der Waals surface area contributed by atoms with Gasteiger partial charge in [0, 0.05) is 12.6 Å². The molecule has 1 amide bonds. The molecule has 0 heterocycles. The molecule has 0 aliphatic heterocycles. The molecule has 0 aromatic heterocycles. The summed E-state index contributed by atoms with van der Waals surface area (Å²) in [6.07, 6.45) is 3.17.